The number of thiophene rings is 1. The highest BCUT2D eigenvalue weighted by molar-refractivity contribution is 7.09. The van der Waals surface area contributed by atoms with Gasteiger partial charge in [-0.2, -0.15) is 4.98 Å². The van der Waals surface area contributed by atoms with Gasteiger partial charge in [0.25, 0.3) is 0 Å². The number of nitrogens with one attached hydrogen (secondary N) is 2. The zero-order chi connectivity index (χ0) is 20.9. The van der Waals surface area contributed by atoms with E-state index in [0.717, 1.165) is 16.5 Å². The Hall–Kier alpha value is -3.16. The van der Waals surface area contributed by atoms with Gasteiger partial charge in [0.15, 0.2) is 0 Å². The number of halogens is 1. The third-order valence-electron chi connectivity index (χ3n) is 4.49. The number of nitrogens with zero attached hydrogens (tertiary/aromatic N) is 2. The molecule has 0 amide bonds. The second-order valence-corrected chi connectivity index (χ2v) is 8.00. The van der Waals surface area contributed by atoms with Gasteiger partial charge in [-0.25, -0.2) is 9.78 Å². The van der Waals surface area contributed by atoms with Crippen LogP contribution in [0, 0.1) is 0 Å². The topological polar surface area (TPSA) is 76.1 Å². The molecule has 0 atom stereocenters. The number of carbonyl (C=O) groups excluding carboxylic acids is 1. The number of ether oxygens (including phenoxy) is 1. The van der Waals surface area contributed by atoms with Gasteiger partial charge < -0.3 is 15.4 Å². The van der Waals surface area contributed by atoms with Crippen LogP contribution in [0.15, 0.2) is 60.0 Å². The molecule has 0 aliphatic rings. The maximum Gasteiger partial charge on any atom is 0.337 e. The molecule has 2 aromatic carbocycles. The van der Waals surface area contributed by atoms with E-state index in [-0.39, 0.29) is 5.97 Å². The molecule has 0 saturated heterocycles. The lowest BCUT2D eigenvalue weighted by Gasteiger charge is -2.12. The van der Waals surface area contributed by atoms with Gasteiger partial charge in [-0.1, -0.05) is 29.8 Å². The van der Waals surface area contributed by atoms with E-state index >= 15 is 0 Å². The van der Waals surface area contributed by atoms with Gasteiger partial charge >= 0.3 is 5.97 Å². The number of anilines is 2. The Bertz CT molecular complexity index is 1160. The van der Waals surface area contributed by atoms with Crippen LogP contribution in [0.2, 0.25) is 5.02 Å². The van der Waals surface area contributed by atoms with Crippen LogP contribution < -0.4 is 10.6 Å². The molecule has 0 radical (unpaired) electrons. The van der Waals surface area contributed by atoms with Gasteiger partial charge in [-0.05, 0) is 47.3 Å². The van der Waals surface area contributed by atoms with Gasteiger partial charge in [-0.15, -0.1) is 11.3 Å². The lowest BCUT2D eigenvalue weighted by atomic mass is 10.1. The molecule has 8 heteroatoms. The lowest BCUT2D eigenvalue weighted by molar-refractivity contribution is 0.0600. The van der Waals surface area contributed by atoms with Crippen LogP contribution in [0.5, 0.6) is 0 Å². The molecule has 30 heavy (non-hydrogen) atoms. The third kappa shape index (κ3) is 4.69. The third-order valence-corrected chi connectivity index (χ3v) is 5.61. The molecular formula is C22H19ClN4O2S. The summed E-state index contributed by atoms with van der Waals surface area (Å²) in [7, 11) is 1.37. The minimum atomic E-state index is -0.354. The molecule has 152 valence electrons. The molecule has 6 nitrogen and oxygen atoms in total. The highest BCUT2D eigenvalue weighted by atomic mass is 35.5. The SMILES string of the molecule is COC(=O)c1ccc(CNc2nc(NCc3cccs3)nc3ccc(Cl)cc23)cc1. The number of fused-ring (bicyclic) bond motifs is 1. The van der Waals surface area contributed by atoms with Crippen molar-refractivity contribution in [2.24, 2.45) is 0 Å². The zero-order valence-corrected chi connectivity index (χ0v) is 17.8. The molecule has 0 aliphatic carbocycles. The second kappa shape index (κ2) is 9.11. The van der Waals surface area contributed by atoms with Gasteiger partial charge in [0.1, 0.15) is 5.82 Å². The van der Waals surface area contributed by atoms with E-state index in [1.165, 1.54) is 12.0 Å². The van der Waals surface area contributed by atoms with E-state index in [9.17, 15) is 4.79 Å². The summed E-state index contributed by atoms with van der Waals surface area (Å²) >= 11 is 7.88. The van der Waals surface area contributed by atoms with Gasteiger partial charge in [-0.3, -0.25) is 0 Å². The predicted octanol–water partition coefficient (Wildman–Crippen LogP) is 5.36. The Balaban J connectivity index is 1.56. The molecule has 4 rings (SSSR count). The van der Waals surface area contributed by atoms with Gasteiger partial charge in [0, 0.05) is 21.8 Å². The first-order valence-electron chi connectivity index (χ1n) is 9.27. The van der Waals surface area contributed by atoms with Crippen molar-refractivity contribution < 1.29 is 9.53 Å². The average molecular weight is 439 g/mol. The Morgan fingerprint density at radius 1 is 1.07 bits per heavy atom. The van der Waals surface area contributed by atoms with Crippen LogP contribution in [-0.2, 0) is 17.8 Å². The zero-order valence-electron chi connectivity index (χ0n) is 16.2. The average Bonchev–Trinajstić information content (AvgIpc) is 3.30. The summed E-state index contributed by atoms with van der Waals surface area (Å²) in [5, 5.41) is 10.2. The molecular weight excluding hydrogens is 420 g/mol. The number of benzene rings is 2. The molecule has 0 spiro atoms. The second-order valence-electron chi connectivity index (χ2n) is 6.53. The molecule has 2 aromatic heterocycles. The summed E-state index contributed by atoms with van der Waals surface area (Å²) in [5.41, 5.74) is 2.32. The fourth-order valence-corrected chi connectivity index (χ4v) is 3.77. The summed E-state index contributed by atoms with van der Waals surface area (Å²) in [6, 6.07) is 16.9. The molecule has 0 aliphatic heterocycles. The molecule has 0 fully saturated rings. The fourth-order valence-electron chi connectivity index (χ4n) is 2.96. The van der Waals surface area contributed by atoms with Crippen molar-refractivity contribution in [3.8, 4) is 0 Å². The van der Waals surface area contributed by atoms with E-state index in [0.29, 0.717) is 35.4 Å². The molecule has 4 aromatic rings. The minimum absolute atomic E-state index is 0.354. The molecule has 2 N–H and O–H groups in total. The predicted molar refractivity (Wildman–Crippen MR) is 121 cm³/mol. The Morgan fingerprint density at radius 2 is 1.90 bits per heavy atom. The van der Waals surface area contributed by atoms with Crippen molar-refractivity contribution in [1.29, 1.82) is 0 Å². The molecule has 0 unspecified atom stereocenters. The monoisotopic (exact) mass is 438 g/mol. The first-order chi connectivity index (χ1) is 14.6. The number of hydrogen-bond acceptors (Lipinski definition) is 7. The highest BCUT2D eigenvalue weighted by Gasteiger charge is 2.10. The van der Waals surface area contributed by atoms with E-state index in [4.69, 9.17) is 16.3 Å². The first-order valence-corrected chi connectivity index (χ1v) is 10.5. The molecule has 0 bridgehead atoms. The van der Waals surface area contributed by atoms with E-state index < -0.39 is 0 Å². The van der Waals surface area contributed by atoms with Gasteiger partial charge in [0.05, 0.1) is 24.7 Å². The van der Waals surface area contributed by atoms with Gasteiger partial charge in [0.2, 0.25) is 5.95 Å². The smallest absolute Gasteiger partial charge is 0.337 e. The summed E-state index contributed by atoms with van der Waals surface area (Å²) in [5.74, 6) is 0.877. The van der Waals surface area contributed by atoms with Crippen LogP contribution in [0.25, 0.3) is 10.9 Å². The van der Waals surface area contributed by atoms with Crippen LogP contribution in [0.1, 0.15) is 20.8 Å². The molecule has 2 heterocycles. The van der Waals surface area contributed by atoms with Crippen LogP contribution >= 0.6 is 22.9 Å². The quantitative estimate of drug-likeness (QED) is 0.378. The number of carbonyl (C=O) groups is 1. The summed E-state index contributed by atoms with van der Waals surface area (Å²) in [6.45, 7) is 1.19. The van der Waals surface area contributed by atoms with E-state index in [1.54, 1.807) is 23.5 Å². The van der Waals surface area contributed by atoms with Crippen LogP contribution in [-0.4, -0.2) is 23.0 Å². The largest absolute Gasteiger partial charge is 0.465 e. The normalized spacial score (nSPS) is 10.7. The van der Waals surface area contributed by atoms with Crippen molar-refractivity contribution in [2.75, 3.05) is 17.7 Å². The van der Waals surface area contributed by atoms with Crippen LogP contribution in [0.4, 0.5) is 11.8 Å². The summed E-state index contributed by atoms with van der Waals surface area (Å²) < 4.78 is 4.74. The number of aromatic nitrogens is 2. The number of methoxy groups -OCH3 is 1. The summed E-state index contributed by atoms with van der Waals surface area (Å²) in [6.07, 6.45) is 0. The first kappa shape index (κ1) is 20.1. The standard InChI is InChI=1S/C22H19ClN4O2S/c1-29-21(28)15-6-4-14(5-7-15)12-24-20-18-11-16(23)8-9-19(18)26-22(27-20)25-13-17-3-2-10-30-17/h2-11H,12-13H2,1H3,(H2,24,25,26,27). The maximum absolute atomic E-state index is 11.6. The van der Waals surface area contributed by atoms with Crippen molar-refractivity contribution in [1.82, 2.24) is 9.97 Å². The lowest BCUT2D eigenvalue weighted by Crippen LogP contribution is -2.08. The Labute approximate surface area is 182 Å². The Kier molecular flexibility index (Phi) is 6.11. The van der Waals surface area contributed by atoms with Crippen molar-refractivity contribution in [3.63, 3.8) is 0 Å². The summed E-state index contributed by atoms with van der Waals surface area (Å²) in [4.78, 5) is 22.1. The number of rotatable bonds is 7. The highest BCUT2D eigenvalue weighted by Crippen LogP contribution is 2.26. The number of hydrogen-bond donors (Lipinski definition) is 2. The van der Waals surface area contributed by atoms with Crippen molar-refractivity contribution in [2.45, 2.75) is 13.1 Å². The molecule has 0 saturated carbocycles. The van der Waals surface area contributed by atoms with E-state index in [1.807, 2.05) is 41.8 Å². The van der Waals surface area contributed by atoms with Crippen LogP contribution in [0.3, 0.4) is 0 Å². The minimum Gasteiger partial charge on any atom is -0.465 e. The maximum atomic E-state index is 11.6. The number of esters is 1. The Morgan fingerprint density at radius 3 is 2.63 bits per heavy atom. The fraction of sp³-hybridized carbons (Fsp3) is 0.136. The van der Waals surface area contributed by atoms with Crippen molar-refractivity contribution in [3.05, 3.63) is 81.0 Å². The van der Waals surface area contributed by atoms with E-state index in [2.05, 4.69) is 26.7 Å². The van der Waals surface area contributed by atoms with Crippen molar-refractivity contribution >= 4 is 51.6 Å².